The van der Waals surface area contributed by atoms with Crippen LogP contribution in [0, 0.1) is 6.92 Å². The summed E-state index contributed by atoms with van der Waals surface area (Å²) in [4.78, 5) is 0. The van der Waals surface area contributed by atoms with Crippen LogP contribution in [0.2, 0.25) is 0 Å². The predicted octanol–water partition coefficient (Wildman–Crippen LogP) is -1.45. The highest BCUT2D eigenvalue weighted by Crippen LogP contribution is 2.35. The molecule has 2 saturated heterocycles. The van der Waals surface area contributed by atoms with Crippen molar-refractivity contribution in [2.45, 2.75) is 31.0 Å². The van der Waals surface area contributed by atoms with E-state index in [4.69, 9.17) is 19.2 Å². The van der Waals surface area contributed by atoms with Crippen molar-refractivity contribution in [1.82, 2.24) is 0 Å². The summed E-state index contributed by atoms with van der Waals surface area (Å²) >= 11 is 0. The first-order valence-corrected chi connectivity index (χ1v) is 6.56. The highest BCUT2D eigenvalue weighted by atomic mass is 16.9. The van der Waals surface area contributed by atoms with Crippen molar-refractivity contribution in [1.29, 1.82) is 0 Å². The van der Waals surface area contributed by atoms with Gasteiger partial charge in [-0.2, -0.15) is 0 Å². The Labute approximate surface area is 117 Å². The highest BCUT2D eigenvalue weighted by Gasteiger charge is 2.58. The number of benzene rings is 1. The van der Waals surface area contributed by atoms with Crippen LogP contribution in [0.5, 0.6) is 0 Å². The number of aliphatic hydroxyl groups is 3. The van der Waals surface area contributed by atoms with Crippen molar-refractivity contribution < 1.29 is 29.4 Å². The lowest BCUT2D eigenvalue weighted by Gasteiger charge is -2.36. The third-order valence-corrected chi connectivity index (χ3v) is 3.73. The fraction of sp³-hybridized carbons (Fsp3) is 0.538. The van der Waals surface area contributed by atoms with Gasteiger partial charge in [-0.15, -0.1) is 0 Å². The van der Waals surface area contributed by atoms with E-state index in [0.717, 1.165) is 11.0 Å². The summed E-state index contributed by atoms with van der Waals surface area (Å²) in [5.74, 6) is -1.71. The molecule has 0 aromatic heterocycles. The zero-order valence-electron chi connectivity index (χ0n) is 11.1. The first-order chi connectivity index (χ1) is 9.53. The molecular formula is C13H17BO6. The first kappa shape index (κ1) is 14.0. The Morgan fingerprint density at radius 2 is 2.05 bits per heavy atom. The van der Waals surface area contributed by atoms with Gasteiger partial charge in [-0.3, -0.25) is 0 Å². The molecule has 2 aliphatic heterocycles. The average Bonchev–Trinajstić information content (AvgIpc) is 2.71. The van der Waals surface area contributed by atoms with E-state index in [9.17, 15) is 10.2 Å². The van der Waals surface area contributed by atoms with Gasteiger partial charge < -0.3 is 29.4 Å². The van der Waals surface area contributed by atoms with Crippen LogP contribution in [-0.4, -0.2) is 59.8 Å². The quantitative estimate of drug-likeness (QED) is 0.455. The van der Waals surface area contributed by atoms with Crippen LogP contribution in [-0.2, 0) is 14.0 Å². The van der Waals surface area contributed by atoms with Crippen LogP contribution in [0.3, 0.4) is 0 Å². The predicted molar refractivity (Wildman–Crippen MR) is 70.3 cm³/mol. The maximum atomic E-state index is 10.2. The maximum Gasteiger partial charge on any atom is 0.494 e. The average molecular weight is 286 g/mol. The Morgan fingerprint density at radius 1 is 1.35 bits per heavy atom. The van der Waals surface area contributed by atoms with Gasteiger partial charge in [0.15, 0.2) is 0 Å². The molecule has 20 heavy (non-hydrogen) atoms. The number of ether oxygens (including phenoxy) is 1. The minimum atomic E-state index is -1.71. The zero-order valence-corrected chi connectivity index (χ0v) is 11.1. The van der Waals surface area contributed by atoms with E-state index < -0.39 is 37.8 Å². The lowest BCUT2D eigenvalue weighted by molar-refractivity contribution is -0.258. The molecule has 0 radical (unpaired) electrons. The van der Waals surface area contributed by atoms with Gasteiger partial charge in [0.25, 0.3) is 0 Å². The van der Waals surface area contributed by atoms with E-state index in [1.54, 1.807) is 0 Å². The second-order valence-corrected chi connectivity index (χ2v) is 5.28. The molecular weight excluding hydrogens is 269 g/mol. The van der Waals surface area contributed by atoms with E-state index >= 15 is 0 Å². The summed E-state index contributed by atoms with van der Waals surface area (Å²) in [6, 6.07) is 7.61. The molecule has 0 amide bonds. The van der Waals surface area contributed by atoms with Gasteiger partial charge in [-0.05, 0) is 12.4 Å². The van der Waals surface area contributed by atoms with Crippen LogP contribution in [0.4, 0.5) is 0 Å². The topological polar surface area (TPSA) is 88.4 Å². The van der Waals surface area contributed by atoms with Crippen LogP contribution < -0.4 is 5.46 Å². The molecule has 1 aromatic carbocycles. The van der Waals surface area contributed by atoms with Crippen LogP contribution in [0.1, 0.15) is 5.56 Å². The zero-order chi connectivity index (χ0) is 14.3. The molecule has 0 unspecified atom stereocenters. The molecule has 7 heteroatoms. The summed E-state index contributed by atoms with van der Waals surface area (Å²) in [5, 5.41) is 29.4. The van der Waals surface area contributed by atoms with Gasteiger partial charge >= 0.3 is 7.12 Å². The van der Waals surface area contributed by atoms with Crippen molar-refractivity contribution in [3.8, 4) is 0 Å². The number of aliphatic hydroxyl groups excluding tert-OH is 2. The number of aryl methyl sites for hydroxylation is 1. The van der Waals surface area contributed by atoms with Gasteiger partial charge in [0.05, 0.1) is 13.2 Å². The van der Waals surface area contributed by atoms with Crippen LogP contribution in [0.25, 0.3) is 0 Å². The van der Waals surface area contributed by atoms with Crippen molar-refractivity contribution in [3.05, 3.63) is 29.8 Å². The Bertz CT molecular complexity index is 480. The van der Waals surface area contributed by atoms with E-state index in [2.05, 4.69) is 0 Å². The van der Waals surface area contributed by atoms with Gasteiger partial charge in [-0.25, -0.2) is 0 Å². The van der Waals surface area contributed by atoms with Gasteiger partial charge in [0, 0.05) is 0 Å². The molecule has 2 fully saturated rings. The SMILES string of the molecule is Cc1ccc(B2O[13CH2][13C@]3(O)O[13C@H]([13CH2]O)[13C@@H](O)[13C@@H]3O2)cc1. The minimum absolute atomic E-state index is 0.121. The van der Waals surface area contributed by atoms with Gasteiger partial charge in [0.1, 0.15) is 18.3 Å². The van der Waals surface area contributed by atoms with Gasteiger partial charge in [-0.1, -0.05) is 29.8 Å². The molecule has 6 nitrogen and oxygen atoms in total. The molecule has 2 aliphatic rings. The van der Waals surface area contributed by atoms with Gasteiger partial charge in [0.2, 0.25) is 5.79 Å². The Hall–Kier alpha value is -0.955. The lowest BCUT2D eigenvalue weighted by atomic mass is 9.79. The van der Waals surface area contributed by atoms with E-state index in [-0.39, 0.29) is 6.61 Å². The molecule has 3 N–H and O–H groups in total. The van der Waals surface area contributed by atoms with Crippen molar-refractivity contribution in [2.75, 3.05) is 13.2 Å². The second kappa shape index (κ2) is 5.11. The Kier molecular flexibility index (Phi) is 3.57. The van der Waals surface area contributed by atoms with Crippen molar-refractivity contribution in [2.24, 2.45) is 0 Å². The summed E-state index contributed by atoms with van der Waals surface area (Å²) in [7, 11) is -0.670. The minimum Gasteiger partial charge on any atom is -0.402 e. The molecule has 0 aliphatic carbocycles. The van der Waals surface area contributed by atoms with Crippen LogP contribution >= 0.6 is 0 Å². The third-order valence-electron chi connectivity index (χ3n) is 3.73. The number of rotatable bonds is 2. The number of fused-ring (bicyclic) bond motifs is 1. The normalized spacial score (nSPS) is 37.0. The van der Waals surface area contributed by atoms with Crippen molar-refractivity contribution >= 4 is 12.6 Å². The first-order valence-electron chi connectivity index (χ1n) is 6.56. The van der Waals surface area contributed by atoms with Crippen LogP contribution in [0.15, 0.2) is 24.3 Å². The van der Waals surface area contributed by atoms with E-state index in [1.165, 1.54) is 0 Å². The molecule has 0 saturated carbocycles. The lowest BCUT2D eigenvalue weighted by Crippen LogP contribution is -2.59. The molecule has 1 aromatic rings. The highest BCUT2D eigenvalue weighted by molar-refractivity contribution is 6.61. The molecule has 2 heterocycles. The van der Waals surface area contributed by atoms with E-state index in [1.807, 2.05) is 31.2 Å². The molecule has 0 bridgehead atoms. The summed E-state index contributed by atoms with van der Waals surface area (Å²) in [6.45, 7) is 1.47. The summed E-state index contributed by atoms with van der Waals surface area (Å²) in [6.07, 6.45) is -2.91. The molecule has 0 spiro atoms. The Morgan fingerprint density at radius 3 is 2.70 bits per heavy atom. The third kappa shape index (κ3) is 2.26. The molecule has 4 atom stereocenters. The smallest absolute Gasteiger partial charge is 0.402 e. The molecule has 3 rings (SSSR count). The number of hydrogen-bond donors (Lipinski definition) is 3. The fourth-order valence-electron chi connectivity index (χ4n) is 2.57. The largest absolute Gasteiger partial charge is 0.494 e. The second-order valence-electron chi connectivity index (χ2n) is 5.28. The molecule has 108 valence electrons. The summed E-state index contributed by atoms with van der Waals surface area (Å²) < 4.78 is 16.3. The fourth-order valence-corrected chi connectivity index (χ4v) is 2.57. The van der Waals surface area contributed by atoms with Crippen molar-refractivity contribution in [3.63, 3.8) is 0 Å². The maximum absolute atomic E-state index is 10.2. The Balaban J connectivity index is 1.79. The standard InChI is InChI=1S/C13H17BO6/c1-8-2-4-9(5-3-8)14-18-7-13(17)12(20-14)11(16)10(6-15)19-13/h2-5,10-12,15-17H,6-7H2,1H3/t10-,11-,12+,13+/m1/s1/i6+1,7+1,10+1,11+1,12+1,13+1. The van der Waals surface area contributed by atoms with E-state index in [0.29, 0.717) is 0 Å². The number of hydrogen-bond acceptors (Lipinski definition) is 6. The monoisotopic (exact) mass is 286 g/mol. The summed E-state index contributed by atoms with van der Waals surface area (Å²) in [5.41, 5.74) is 1.92.